The molecule has 0 saturated heterocycles. The van der Waals surface area contributed by atoms with Gasteiger partial charge in [-0.2, -0.15) is 0 Å². The molecule has 0 aromatic rings. The lowest BCUT2D eigenvalue weighted by atomic mass is 10.1. The minimum absolute atomic E-state index is 0.370. The van der Waals surface area contributed by atoms with Gasteiger partial charge in [-0.25, -0.2) is 4.79 Å². The first-order chi connectivity index (χ1) is 8.13. The van der Waals surface area contributed by atoms with Gasteiger partial charge in [0.1, 0.15) is 11.6 Å². The maximum Gasteiger partial charge on any atom is 0.410 e. The Hall–Kier alpha value is -1.30. The van der Waals surface area contributed by atoms with Gasteiger partial charge in [0.05, 0.1) is 0 Å². The van der Waals surface area contributed by atoms with Crippen LogP contribution in [0.1, 0.15) is 40.0 Å². The summed E-state index contributed by atoms with van der Waals surface area (Å²) in [6.07, 6.45) is 1.42. The molecule has 0 rings (SSSR count). The van der Waals surface area contributed by atoms with Crippen molar-refractivity contribution in [3.8, 4) is 0 Å². The summed E-state index contributed by atoms with van der Waals surface area (Å²) in [4.78, 5) is 23.5. The predicted octanol–water partition coefficient (Wildman–Crippen LogP) is 1.44. The smallest absolute Gasteiger partial charge is 0.410 e. The van der Waals surface area contributed by atoms with Gasteiger partial charge in [0.2, 0.25) is 0 Å². The normalized spacial score (nSPS) is 12.9. The SMILES string of the molecule is CN(CCCC[C@H](N)C(=O)O)C(=O)OC(C)(C)C. The lowest BCUT2D eigenvalue weighted by Gasteiger charge is -2.24. The second kappa shape index (κ2) is 7.20. The largest absolute Gasteiger partial charge is 0.480 e. The van der Waals surface area contributed by atoms with Crippen LogP contribution in [0.2, 0.25) is 0 Å². The fourth-order valence-electron chi connectivity index (χ4n) is 1.27. The molecule has 1 amide bonds. The van der Waals surface area contributed by atoms with Crippen molar-refractivity contribution in [2.24, 2.45) is 5.73 Å². The molecule has 106 valence electrons. The Bertz CT molecular complexity index is 286. The number of hydrogen-bond acceptors (Lipinski definition) is 4. The third kappa shape index (κ3) is 7.89. The van der Waals surface area contributed by atoms with Gasteiger partial charge in [-0.05, 0) is 40.0 Å². The molecule has 18 heavy (non-hydrogen) atoms. The van der Waals surface area contributed by atoms with E-state index in [0.29, 0.717) is 25.8 Å². The Balaban J connectivity index is 3.80. The maximum atomic E-state index is 11.6. The Kier molecular flexibility index (Phi) is 6.68. The quantitative estimate of drug-likeness (QED) is 0.705. The van der Waals surface area contributed by atoms with Crippen molar-refractivity contribution in [1.29, 1.82) is 0 Å². The zero-order valence-corrected chi connectivity index (χ0v) is 11.6. The fraction of sp³-hybridized carbons (Fsp3) is 0.833. The third-order valence-corrected chi connectivity index (χ3v) is 2.28. The Morgan fingerprint density at radius 1 is 1.33 bits per heavy atom. The predicted molar refractivity (Wildman–Crippen MR) is 68.3 cm³/mol. The van der Waals surface area contributed by atoms with Crippen molar-refractivity contribution in [3.63, 3.8) is 0 Å². The number of unbranched alkanes of at least 4 members (excludes halogenated alkanes) is 1. The topological polar surface area (TPSA) is 92.9 Å². The number of carbonyl (C=O) groups excluding carboxylic acids is 1. The van der Waals surface area contributed by atoms with E-state index in [4.69, 9.17) is 15.6 Å². The van der Waals surface area contributed by atoms with Crippen LogP contribution in [0.15, 0.2) is 0 Å². The van der Waals surface area contributed by atoms with E-state index in [1.165, 1.54) is 4.90 Å². The average molecular weight is 260 g/mol. The zero-order chi connectivity index (χ0) is 14.3. The molecule has 6 nitrogen and oxygen atoms in total. The standard InChI is InChI=1S/C12H24N2O4/c1-12(2,3)18-11(17)14(4)8-6-5-7-9(13)10(15)16/h9H,5-8,13H2,1-4H3,(H,15,16)/t9-/m0/s1. The van der Waals surface area contributed by atoms with Gasteiger partial charge in [-0.1, -0.05) is 0 Å². The van der Waals surface area contributed by atoms with Crippen LogP contribution < -0.4 is 5.73 Å². The Labute approximate surface area is 108 Å². The lowest BCUT2D eigenvalue weighted by Crippen LogP contribution is -2.35. The second-order valence-electron chi connectivity index (χ2n) is 5.34. The highest BCUT2D eigenvalue weighted by Gasteiger charge is 2.19. The van der Waals surface area contributed by atoms with Gasteiger partial charge in [-0.3, -0.25) is 4.79 Å². The molecule has 0 aliphatic rings. The molecule has 0 bridgehead atoms. The van der Waals surface area contributed by atoms with Crippen molar-refractivity contribution < 1.29 is 19.4 Å². The minimum atomic E-state index is -0.990. The van der Waals surface area contributed by atoms with Gasteiger partial charge < -0.3 is 20.5 Å². The molecule has 0 aromatic carbocycles. The number of nitrogens with zero attached hydrogens (tertiary/aromatic N) is 1. The van der Waals surface area contributed by atoms with Crippen molar-refractivity contribution in [2.45, 2.75) is 51.7 Å². The number of amides is 1. The highest BCUT2D eigenvalue weighted by Crippen LogP contribution is 2.09. The number of nitrogens with two attached hydrogens (primary N) is 1. The van der Waals surface area contributed by atoms with E-state index in [0.717, 1.165) is 0 Å². The number of rotatable bonds is 6. The van der Waals surface area contributed by atoms with E-state index < -0.39 is 17.6 Å². The van der Waals surface area contributed by atoms with Crippen LogP contribution in [-0.4, -0.2) is 47.3 Å². The Morgan fingerprint density at radius 3 is 2.33 bits per heavy atom. The first kappa shape index (κ1) is 16.7. The molecule has 0 aliphatic heterocycles. The summed E-state index contributed by atoms with van der Waals surface area (Å²) in [6.45, 7) is 5.96. The minimum Gasteiger partial charge on any atom is -0.480 e. The number of ether oxygens (including phenoxy) is 1. The molecular weight excluding hydrogens is 236 g/mol. The Morgan fingerprint density at radius 2 is 1.89 bits per heavy atom. The molecule has 3 N–H and O–H groups in total. The molecule has 0 unspecified atom stereocenters. The second-order valence-corrected chi connectivity index (χ2v) is 5.34. The van der Waals surface area contributed by atoms with Crippen LogP contribution in [0.25, 0.3) is 0 Å². The van der Waals surface area contributed by atoms with E-state index in [2.05, 4.69) is 0 Å². The van der Waals surface area contributed by atoms with E-state index in [-0.39, 0.29) is 6.09 Å². The lowest BCUT2D eigenvalue weighted by molar-refractivity contribution is -0.138. The van der Waals surface area contributed by atoms with Gasteiger partial charge in [0.15, 0.2) is 0 Å². The first-order valence-electron chi connectivity index (χ1n) is 6.06. The van der Waals surface area contributed by atoms with Crippen LogP contribution in [0.4, 0.5) is 4.79 Å². The molecule has 0 aromatic heterocycles. The van der Waals surface area contributed by atoms with E-state index in [1.54, 1.807) is 7.05 Å². The zero-order valence-electron chi connectivity index (χ0n) is 11.6. The number of carboxylic acid groups (broad SMARTS) is 1. The first-order valence-corrected chi connectivity index (χ1v) is 6.06. The maximum absolute atomic E-state index is 11.6. The molecule has 0 aliphatic carbocycles. The summed E-state index contributed by atoms with van der Waals surface area (Å²) in [7, 11) is 1.66. The summed E-state index contributed by atoms with van der Waals surface area (Å²) in [5.41, 5.74) is 4.87. The number of hydrogen-bond donors (Lipinski definition) is 2. The summed E-state index contributed by atoms with van der Waals surface area (Å²) in [6, 6.07) is -0.822. The van der Waals surface area contributed by atoms with E-state index >= 15 is 0 Å². The van der Waals surface area contributed by atoms with E-state index in [1.807, 2.05) is 20.8 Å². The monoisotopic (exact) mass is 260 g/mol. The average Bonchev–Trinajstić information content (AvgIpc) is 2.20. The van der Waals surface area contributed by atoms with Crippen LogP contribution in [0.5, 0.6) is 0 Å². The number of aliphatic carboxylic acids is 1. The van der Waals surface area contributed by atoms with Crippen LogP contribution in [0.3, 0.4) is 0 Å². The number of carbonyl (C=O) groups is 2. The third-order valence-electron chi connectivity index (χ3n) is 2.28. The van der Waals surface area contributed by atoms with Crippen LogP contribution in [0, 0.1) is 0 Å². The highest BCUT2D eigenvalue weighted by molar-refractivity contribution is 5.72. The highest BCUT2D eigenvalue weighted by atomic mass is 16.6. The molecule has 0 spiro atoms. The van der Waals surface area contributed by atoms with Crippen molar-refractivity contribution in [1.82, 2.24) is 4.90 Å². The molecule has 1 atom stereocenters. The van der Waals surface area contributed by atoms with Gasteiger partial charge in [0.25, 0.3) is 0 Å². The summed E-state index contributed by atoms with van der Waals surface area (Å²) < 4.78 is 5.18. The molecule has 6 heteroatoms. The molecule has 0 radical (unpaired) electrons. The van der Waals surface area contributed by atoms with Gasteiger partial charge in [-0.15, -0.1) is 0 Å². The summed E-state index contributed by atoms with van der Waals surface area (Å²) in [5.74, 6) is -0.990. The van der Waals surface area contributed by atoms with Crippen LogP contribution in [-0.2, 0) is 9.53 Å². The summed E-state index contributed by atoms with van der Waals surface area (Å²) >= 11 is 0. The fourth-order valence-corrected chi connectivity index (χ4v) is 1.27. The number of carboxylic acids is 1. The van der Waals surface area contributed by atoms with Crippen molar-refractivity contribution in [2.75, 3.05) is 13.6 Å². The molecule has 0 fully saturated rings. The van der Waals surface area contributed by atoms with Crippen LogP contribution >= 0.6 is 0 Å². The van der Waals surface area contributed by atoms with Gasteiger partial charge in [0, 0.05) is 13.6 Å². The molecule has 0 saturated carbocycles. The van der Waals surface area contributed by atoms with Crippen molar-refractivity contribution in [3.05, 3.63) is 0 Å². The van der Waals surface area contributed by atoms with Gasteiger partial charge >= 0.3 is 12.1 Å². The molecule has 0 heterocycles. The van der Waals surface area contributed by atoms with E-state index in [9.17, 15) is 9.59 Å². The summed E-state index contributed by atoms with van der Waals surface area (Å²) in [5, 5.41) is 8.60. The molecular formula is C12H24N2O4. The van der Waals surface area contributed by atoms with Crippen molar-refractivity contribution >= 4 is 12.1 Å².